The fourth-order valence-corrected chi connectivity index (χ4v) is 1.06. The van der Waals surface area contributed by atoms with Crippen molar-refractivity contribution in [1.29, 1.82) is 0 Å². The van der Waals surface area contributed by atoms with Gasteiger partial charge in [0.2, 0.25) is 0 Å². The third kappa shape index (κ3) is 1.59. The molecule has 1 aromatic heterocycles. The van der Waals surface area contributed by atoms with Gasteiger partial charge in [-0.05, 0) is 22.4 Å². The Morgan fingerprint density at radius 2 is 2.50 bits per heavy atom. The predicted molar refractivity (Wildman–Crippen MR) is 45.0 cm³/mol. The molecule has 0 spiro atoms. The van der Waals surface area contributed by atoms with Gasteiger partial charge >= 0.3 is 0 Å². The first-order valence-electron chi connectivity index (χ1n) is 3.44. The van der Waals surface area contributed by atoms with Crippen molar-refractivity contribution in [3.05, 3.63) is 16.6 Å². The number of hydrogen-bond acceptors (Lipinski definition) is 1. The van der Waals surface area contributed by atoms with Crippen LogP contribution in [0.15, 0.2) is 10.8 Å². The van der Waals surface area contributed by atoms with E-state index >= 15 is 0 Å². The number of aromatic amines is 1. The lowest BCUT2D eigenvalue weighted by Crippen LogP contribution is -1.92. The lowest BCUT2D eigenvalue weighted by molar-refractivity contribution is 0.688. The molecule has 1 rings (SSSR count). The van der Waals surface area contributed by atoms with E-state index in [1.165, 1.54) is 0 Å². The molecule has 1 aromatic rings. The number of imidazole rings is 1. The second kappa shape index (κ2) is 3.19. The second-order valence-electron chi connectivity index (χ2n) is 2.43. The Labute approximate surface area is 69.2 Å². The molecule has 0 fully saturated rings. The van der Waals surface area contributed by atoms with Crippen LogP contribution in [0.4, 0.5) is 0 Å². The molecule has 1 heterocycles. The normalized spacial score (nSPS) is 13.5. The highest BCUT2D eigenvalue weighted by atomic mass is 79.9. The van der Waals surface area contributed by atoms with Gasteiger partial charge in [-0.3, -0.25) is 0 Å². The summed E-state index contributed by atoms with van der Waals surface area (Å²) in [5.74, 6) is 1.60. The van der Waals surface area contributed by atoms with Crippen molar-refractivity contribution < 1.29 is 0 Å². The number of nitrogens with zero attached hydrogens (tertiary/aromatic N) is 1. The van der Waals surface area contributed by atoms with Gasteiger partial charge in [0, 0.05) is 5.92 Å². The number of rotatable bonds is 2. The Kier molecular flexibility index (Phi) is 2.49. The van der Waals surface area contributed by atoms with Crippen LogP contribution in [0.2, 0.25) is 0 Å². The molecule has 0 saturated heterocycles. The van der Waals surface area contributed by atoms with Crippen molar-refractivity contribution in [1.82, 2.24) is 9.97 Å². The maximum absolute atomic E-state index is 4.18. The van der Waals surface area contributed by atoms with Crippen molar-refractivity contribution in [3.63, 3.8) is 0 Å². The summed E-state index contributed by atoms with van der Waals surface area (Å²) in [4.78, 5) is 7.32. The van der Waals surface area contributed by atoms with Crippen molar-refractivity contribution in [2.45, 2.75) is 26.2 Å². The maximum atomic E-state index is 4.18. The standard InChI is InChI=1S/C7H11BrN2/c1-3-5(2)7-9-4-6(8)10-7/h4-5H,3H2,1-2H3,(H,9,10). The second-order valence-corrected chi connectivity index (χ2v) is 3.28. The molecule has 56 valence electrons. The zero-order valence-corrected chi connectivity index (χ0v) is 7.77. The van der Waals surface area contributed by atoms with Crippen molar-refractivity contribution in [3.8, 4) is 0 Å². The summed E-state index contributed by atoms with van der Waals surface area (Å²) in [6, 6.07) is 0. The number of aromatic nitrogens is 2. The Morgan fingerprint density at radius 1 is 1.80 bits per heavy atom. The van der Waals surface area contributed by atoms with Crippen LogP contribution in [0.5, 0.6) is 0 Å². The number of nitrogens with one attached hydrogen (secondary N) is 1. The van der Waals surface area contributed by atoms with Gasteiger partial charge < -0.3 is 4.98 Å². The van der Waals surface area contributed by atoms with Crippen molar-refractivity contribution in [2.24, 2.45) is 0 Å². The fraction of sp³-hybridized carbons (Fsp3) is 0.571. The molecule has 1 atom stereocenters. The number of halogens is 1. The van der Waals surface area contributed by atoms with Crippen molar-refractivity contribution >= 4 is 15.9 Å². The molecule has 0 radical (unpaired) electrons. The summed E-state index contributed by atoms with van der Waals surface area (Å²) in [5, 5.41) is 0. The van der Waals surface area contributed by atoms with E-state index in [1.807, 2.05) is 0 Å². The molecular formula is C7H11BrN2. The molecule has 1 N–H and O–H groups in total. The molecule has 1 unspecified atom stereocenters. The summed E-state index contributed by atoms with van der Waals surface area (Å²) in [5.41, 5.74) is 0. The Hall–Kier alpha value is -0.310. The van der Waals surface area contributed by atoms with Crippen LogP contribution in [0.1, 0.15) is 32.0 Å². The van der Waals surface area contributed by atoms with Crippen LogP contribution in [0.25, 0.3) is 0 Å². The Balaban J connectivity index is 2.74. The van der Waals surface area contributed by atoms with Gasteiger partial charge in [-0.25, -0.2) is 4.98 Å². The summed E-state index contributed by atoms with van der Waals surface area (Å²) in [6.07, 6.45) is 2.92. The first-order chi connectivity index (χ1) is 4.74. The minimum atomic E-state index is 0.534. The number of hydrogen-bond donors (Lipinski definition) is 1. The highest BCUT2D eigenvalue weighted by molar-refractivity contribution is 9.10. The van der Waals surface area contributed by atoms with Gasteiger partial charge in [0.05, 0.1) is 6.20 Å². The minimum Gasteiger partial charge on any atom is -0.337 e. The zero-order chi connectivity index (χ0) is 7.56. The third-order valence-corrected chi connectivity index (χ3v) is 2.05. The van der Waals surface area contributed by atoms with E-state index < -0.39 is 0 Å². The first-order valence-corrected chi connectivity index (χ1v) is 4.23. The summed E-state index contributed by atoms with van der Waals surface area (Å²) >= 11 is 3.31. The van der Waals surface area contributed by atoms with Crippen LogP contribution in [-0.4, -0.2) is 9.97 Å². The molecule has 0 aliphatic rings. The SMILES string of the molecule is CCC(C)c1ncc(Br)[nH]1. The molecule has 0 saturated carbocycles. The van der Waals surface area contributed by atoms with Crippen LogP contribution >= 0.6 is 15.9 Å². The van der Waals surface area contributed by atoms with Gasteiger partial charge in [-0.15, -0.1) is 0 Å². The molecule has 10 heavy (non-hydrogen) atoms. The molecule has 0 aliphatic heterocycles. The highest BCUT2D eigenvalue weighted by Crippen LogP contribution is 2.16. The largest absolute Gasteiger partial charge is 0.337 e. The smallest absolute Gasteiger partial charge is 0.109 e. The quantitative estimate of drug-likeness (QED) is 0.786. The van der Waals surface area contributed by atoms with Crippen LogP contribution in [0.3, 0.4) is 0 Å². The van der Waals surface area contributed by atoms with E-state index in [4.69, 9.17) is 0 Å². The molecule has 0 amide bonds. The lowest BCUT2D eigenvalue weighted by Gasteiger charge is -2.01. The van der Waals surface area contributed by atoms with Crippen LogP contribution in [0, 0.1) is 0 Å². The molecule has 2 nitrogen and oxygen atoms in total. The molecule has 0 aliphatic carbocycles. The molecule has 3 heteroatoms. The molecule has 0 bridgehead atoms. The van der Waals surface area contributed by atoms with E-state index in [9.17, 15) is 0 Å². The van der Waals surface area contributed by atoms with E-state index in [0.717, 1.165) is 16.8 Å². The van der Waals surface area contributed by atoms with Gasteiger partial charge in [0.15, 0.2) is 0 Å². The van der Waals surface area contributed by atoms with E-state index in [0.29, 0.717) is 5.92 Å². The lowest BCUT2D eigenvalue weighted by atomic mass is 10.1. The van der Waals surface area contributed by atoms with E-state index in [1.54, 1.807) is 6.20 Å². The van der Waals surface area contributed by atoms with Gasteiger partial charge in [-0.1, -0.05) is 13.8 Å². The Bertz CT molecular complexity index is 207. The highest BCUT2D eigenvalue weighted by Gasteiger charge is 2.04. The molecular weight excluding hydrogens is 192 g/mol. The van der Waals surface area contributed by atoms with Crippen molar-refractivity contribution in [2.75, 3.05) is 0 Å². The van der Waals surface area contributed by atoms with Crippen LogP contribution in [-0.2, 0) is 0 Å². The summed E-state index contributed by atoms with van der Waals surface area (Å²) < 4.78 is 0.961. The summed E-state index contributed by atoms with van der Waals surface area (Å²) in [6.45, 7) is 4.31. The topological polar surface area (TPSA) is 28.7 Å². The average molecular weight is 203 g/mol. The monoisotopic (exact) mass is 202 g/mol. The first kappa shape index (κ1) is 7.79. The average Bonchev–Trinajstić information content (AvgIpc) is 2.34. The fourth-order valence-electron chi connectivity index (χ4n) is 0.757. The van der Waals surface area contributed by atoms with Gasteiger partial charge in [-0.2, -0.15) is 0 Å². The Morgan fingerprint density at radius 3 is 2.90 bits per heavy atom. The minimum absolute atomic E-state index is 0.534. The summed E-state index contributed by atoms with van der Waals surface area (Å²) in [7, 11) is 0. The van der Waals surface area contributed by atoms with Gasteiger partial charge in [0.1, 0.15) is 10.4 Å². The third-order valence-electron chi connectivity index (χ3n) is 1.64. The van der Waals surface area contributed by atoms with Crippen LogP contribution < -0.4 is 0 Å². The van der Waals surface area contributed by atoms with E-state index in [2.05, 4.69) is 39.7 Å². The molecule has 0 aromatic carbocycles. The van der Waals surface area contributed by atoms with Gasteiger partial charge in [0.25, 0.3) is 0 Å². The van der Waals surface area contributed by atoms with E-state index in [-0.39, 0.29) is 0 Å². The maximum Gasteiger partial charge on any atom is 0.109 e. The predicted octanol–water partition coefficient (Wildman–Crippen LogP) is 2.69. The zero-order valence-electron chi connectivity index (χ0n) is 6.19. The number of H-pyrrole nitrogens is 1.